The number of aromatic nitrogens is 1. The molecule has 3 aromatic rings. The molecule has 0 unspecified atom stereocenters. The van der Waals surface area contributed by atoms with E-state index in [4.69, 9.17) is 4.74 Å². The predicted molar refractivity (Wildman–Crippen MR) is 128 cm³/mol. The third-order valence-corrected chi connectivity index (χ3v) is 5.81. The number of amides is 1. The smallest absolute Gasteiger partial charge is 0.253 e. The summed E-state index contributed by atoms with van der Waals surface area (Å²) in [6.07, 6.45) is 3.87. The molecule has 0 bridgehead atoms. The largest absolute Gasteiger partial charge is 0.497 e. The van der Waals surface area contributed by atoms with E-state index >= 15 is 0 Å². The lowest BCUT2D eigenvalue weighted by Crippen LogP contribution is -2.46. The number of aromatic amines is 1. The van der Waals surface area contributed by atoms with Crippen LogP contribution in [0.2, 0.25) is 0 Å². The van der Waals surface area contributed by atoms with Gasteiger partial charge in [0.15, 0.2) is 0 Å². The average Bonchev–Trinajstić information content (AvgIpc) is 3.23. The van der Waals surface area contributed by atoms with Crippen LogP contribution in [0.15, 0.2) is 54.7 Å². The van der Waals surface area contributed by atoms with Gasteiger partial charge in [-0.3, -0.25) is 9.69 Å². The highest BCUT2D eigenvalue weighted by Crippen LogP contribution is 2.22. The molecule has 1 fully saturated rings. The zero-order valence-corrected chi connectivity index (χ0v) is 17.6. The zero-order chi connectivity index (χ0) is 20.8. The van der Waals surface area contributed by atoms with Crippen LogP contribution in [-0.2, 0) is 0 Å². The van der Waals surface area contributed by atoms with E-state index in [1.54, 1.807) is 13.3 Å². The molecule has 6 nitrogen and oxygen atoms in total. The number of nitrogens with zero attached hydrogens (tertiary/aromatic N) is 2. The van der Waals surface area contributed by atoms with Crippen LogP contribution < -0.4 is 15.0 Å². The van der Waals surface area contributed by atoms with Gasteiger partial charge in [-0.15, -0.1) is 0 Å². The molecule has 2 heterocycles. The fourth-order valence-electron chi connectivity index (χ4n) is 4.05. The number of H-pyrrole nitrogens is 1. The Morgan fingerprint density at radius 2 is 1.87 bits per heavy atom. The Morgan fingerprint density at radius 3 is 2.68 bits per heavy atom. The SMILES string of the molecule is C.COc1cccc(N2CCN(CCCCNC(=O)c3c[nH]c4ccccc34)CC2)c1. The van der Waals surface area contributed by atoms with Crippen molar-refractivity contribution in [2.75, 3.05) is 51.3 Å². The Balaban J connectivity index is 0.00000272. The van der Waals surface area contributed by atoms with Gasteiger partial charge < -0.3 is 19.9 Å². The molecule has 0 aliphatic carbocycles. The van der Waals surface area contributed by atoms with Gasteiger partial charge in [0.25, 0.3) is 5.91 Å². The van der Waals surface area contributed by atoms with Crippen molar-refractivity contribution in [2.24, 2.45) is 0 Å². The highest BCUT2D eigenvalue weighted by molar-refractivity contribution is 6.06. The quantitative estimate of drug-likeness (QED) is 0.536. The van der Waals surface area contributed by atoms with Crippen LogP contribution >= 0.6 is 0 Å². The van der Waals surface area contributed by atoms with Crippen LogP contribution in [0.5, 0.6) is 5.75 Å². The number of nitrogens with one attached hydrogen (secondary N) is 2. The third kappa shape index (κ3) is 5.58. The van der Waals surface area contributed by atoms with Gasteiger partial charge in [-0.25, -0.2) is 0 Å². The van der Waals surface area contributed by atoms with E-state index in [1.165, 1.54) is 5.69 Å². The van der Waals surface area contributed by atoms with E-state index in [9.17, 15) is 4.79 Å². The molecule has 2 N–H and O–H groups in total. The van der Waals surface area contributed by atoms with Crippen molar-refractivity contribution in [2.45, 2.75) is 20.3 Å². The van der Waals surface area contributed by atoms with Gasteiger partial charge in [0.1, 0.15) is 5.75 Å². The standard InChI is InChI=1S/C24H30N4O2.CH4/c1-30-20-8-6-7-19(17-20)28-15-13-27(14-16-28)12-5-4-11-25-24(29)22-18-26-23-10-3-2-9-21(22)23;/h2-3,6-10,17-18,26H,4-5,11-16H2,1H3,(H,25,29);1H4. The molecule has 0 radical (unpaired) electrons. The van der Waals surface area contributed by atoms with E-state index in [0.29, 0.717) is 6.54 Å². The summed E-state index contributed by atoms with van der Waals surface area (Å²) in [5.74, 6) is 0.906. The Hall–Kier alpha value is -2.99. The molecule has 31 heavy (non-hydrogen) atoms. The maximum Gasteiger partial charge on any atom is 0.253 e. The van der Waals surface area contributed by atoms with Gasteiger partial charge in [0.2, 0.25) is 0 Å². The predicted octanol–water partition coefficient (Wildman–Crippen LogP) is 4.14. The van der Waals surface area contributed by atoms with Crippen molar-refractivity contribution in [3.05, 3.63) is 60.3 Å². The Labute approximate surface area is 185 Å². The van der Waals surface area contributed by atoms with Crippen LogP contribution in [-0.4, -0.2) is 62.2 Å². The lowest BCUT2D eigenvalue weighted by Gasteiger charge is -2.36. The minimum absolute atomic E-state index is 0. The van der Waals surface area contributed by atoms with Gasteiger partial charge in [0.05, 0.1) is 12.7 Å². The van der Waals surface area contributed by atoms with Crippen molar-refractivity contribution in [1.82, 2.24) is 15.2 Å². The summed E-state index contributed by atoms with van der Waals surface area (Å²) in [4.78, 5) is 20.5. The van der Waals surface area contributed by atoms with Gasteiger partial charge in [-0.1, -0.05) is 31.7 Å². The first kappa shape index (κ1) is 22.7. The molecule has 0 saturated carbocycles. The van der Waals surface area contributed by atoms with Crippen molar-refractivity contribution in [3.8, 4) is 5.75 Å². The average molecular weight is 423 g/mol. The van der Waals surface area contributed by atoms with Crippen molar-refractivity contribution >= 4 is 22.5 Å². The number of anilines is 1. The van der Waals surface area contributed by atoms with Gasteiger partial charge >= 0.3 is 0 Å². The Morgan fingerprint density at radius 1 is 1.06 bits per heavy atom. The molecule has 1 aliphatic heterocycles. The van der Waals surface area contributed by atoms with Crippen LogP contribution in [0.3, 0.4) is 0 Å². The van der Waals surface area contributed by atoms with Crippen LogP contribution in [0, 0.1) is 0 Å². The lowest BCUT2D eigenvalue weighted by molar-refractivity contribution is 0.0954. The zero-order valence-electron chi connectivity index (χ0n) is 17.6. The second-order valence-corrected chi connectivity index (χ2v) is 7.74. The minimum atomic E-state index is -0.000599. The van der Waals surface area contributed by atoms with Gasteiger partial charge in [-0.05, 0) is 37.6 Å². The lowest BCUT2D eigenvalue weighted by atomic mass is 10.1. The normalized spacial score (nSPS) is 14.3. The van der Waals surface area contributed by atoms with Crippen LogP contribution in [0.4, 0.5) is 5.69 Å². The number of piperazine rings is 1. The topological polar surface area (TPSA) is 60.6 Å². The monoisotopic (exact) mass is 422 g/mol. The third-order valence-electron chi connectivity index (χ3n) is 5.81. The molecule has 0 atom stereocenters. The summed E-state index contributed by atoms with van der Waals surface area (Å²) in [5, 5.41) is 4.03. The van der Waals surface area contributed by atoms with E-state index in [-0.39, 0.29) is 13.3 Å². The first-order valence-electron chi connectivity index (χ1n) is 10.7. The molecular formula is C25H34N4O2. The number of para-hydroxylation sites is 1. The van der Waals surface area contributed by atoms with E-state index in [2.05, 4.69) is 32.2 Å². The molecule has 1 amide bonds. The van der Waals surface area contributed by atoms with Gasteiger partial charge in [0, 0.05) is 61.6 Å². The van der Waals surface area contributed by atoms with Crippen molar-refractivity contribution in [3.63, 3.8) is 0 Å². The molecule has 4 rings (SSSR count). The maximum absolute atomic E-state index is 12.4. The van der Waals surface area contributed by atoms with E-state index < -0.39 is 0 Å². The van der Waals surface area contributed by atoms with Crippen molar-refractivity contribution < 1.29 is 9.53 Å². The number of fused-ring (bicyclic) bond motifs is 1. The first-order chi connectivity index (χ1) is 14.7. The molecule has 2 aromatic carbocycles. The summed E-state index contributed by atoms with van der Waals surface area (Å²) in [6, 6.07) is 16.2. The molecule has 1 aliphatic rings. The second-order valence-electron chi connectivity index (χ2n) is 7.74. The number of ether oxygens (including phenoxy) is 1. The molecule has 0 spiro atoms. The fraction of sp³-hybridized carbons (Fsp3) is 0.400. The number of unbranched alkanes of at least 4 members (excludes halogenated alkanes) is 1. The highest BCUT2D eigenvalue weighted by atomic mass is 16.5. The molecule has 1 saturated heterocycles. The summed E-state index contributed by atoms with van der Waals surface area (Å²) in [6.45, 7) is 5.99. The van der Waals surface area contributed by atoms with Gasteiger partial charge in [-0.2, -0.15) is 0 Å². The molecule has 166 valence electrons. The number of hydrogen-bond acceptors (Lipinski definition) is 4. The van der Waals surface area contributed by atoms with Crippen LogP contribution in [0.1, 0.15) is 30.6 Å². The minimum Gasteiger partial charge on any atom is -0.497 e. The number of benzene rings is 2. The summed E-state index contributed by atoms with van der Waals surface area (Å²) >= 11 is 0. The maximum atomic E-state index is 12.4. The second kappa shape index (κ2) is 10.9. The fourth-order valence-corrected chi connectivity index (χ4v) is 4.05. The Kier molecular flexibility index (Phi) is 7.95. The highest BCUT2D eigenvalue weighted by Gasteiger charge is 2.17. The van der Waals surface area contributed by atoms with E-state index in [0.717, 1.165) is 67.8 Å². The summed E-state index contributed by atoms with van der Waals surface area (Å²) in [7, 11) is 1.71. The van der Waals surface area contributed by atoms with Crippen molar-refractivity contribution in [1.29, 1.82) is 0 Å². The molecule has 1 aromatic heterocycles. The summed E-state index contributed by atoms with van der Waals surface area (Å²) in [5.41, 5.74) is 2.95. The summed E-state index contributed by atoms with van der Waals surface area (Å²) < 4.78 is 5.34. The number of methoxy groups -OCH3 is 1. The molecule has 6 heteroatoms. The Bertz CT molecular complexity index is 976. The number of hydrogen-bond donors (Lipinski definition) is 2. The van der Waals surface area contributed by atoms with E-state index in [1.807, 2.05) is 36.4 Å². The number of carbonyl (C=O) groups excluding carboxylic acids is 1. The first-order valence-corrected chi connectivity index (χ1v) is 10.7. The molecular weight excluding hydrogens is 388 g/mol. The number of rotatable bonds is 8. The van der Waals surface area contributed by atoms with Crippen LogP contribution in [0.25, 0.3) is 10.9 Å². The number of carbonyl (C=O) groups is 1.